The monoisotopic (exact) mass is 860 g/mol. The molecular formula is C49H60N4O8Si. The van der Waals surface area contributed by atoms with Crippen LogP contribution in [-0.2, 0) is 31.1 Å². The number of hydrogen-bond donors (Lipinski definition) is 3. The third-order valence-corrected chi connectivity index (χ3v) is 18.2. The van der Waals surface area contributed by atoms with Gasteiger partial charge in [0.1, 0.15) is 11.5 Å². The Hall–Kier alpha value is -5.05. The quantitative estimate of drug-likeness (QED) is 0.0927. The predicted octanol–water partition coefficient (Wildman–Crippen LogP) is 6.31. The molecule has 1 spiro atoms. The first-order chi connectivity index (χ1) is 30.0. The van der Waals surface area contributed by atoms with Crippen molar-refractivity contribution in [1.82, 2.24) is 10.2 Å². The second kappa shape index (κ2) is 18.0. The molecule has 0 aromatic heterocycles. The molecule has 13 heteroatoms. The molecule has 1 unspecified atom stereocenters. The molecule has 4 aliphatic heterocycles. The van der Waals surface area contributed by atoms with E-state index < -0.39 is 31.7 Å². The number of fused-ring (bicyclic) bond motifs is 3. The van der Waals surface area contributed by atoms with E-state index >= 15 is 4.79 Å². The van der Waals surface area contributed by atoms with Gasteiger partial charge in [-0.2, -0.15) is 0 Å². The number of ether oxygens (including phenoxy) is 3. The maximum atomic E-state index is 15.7. The molecule has 4 aliphatic rings. The molecule has 4 aromatic carbocycles. The topological polar surface area (TPSA) is 141 Å². The van der Waals surface area contributed by atoms with Crippen LogP contribution in [0.4, 0.5) is 22.7 Å². The summed E-state index contributed by atoms with van der Waals surface area (Å²) in [5.74, 6) is 0.636. The largest absolute Gasteiger partial charge is 0.497 e. The van der Waals surface area contributed by atoms with Gasteiger partial charge < -0.3 is 34.6 Å². The summed E-state index contributed by atoms with van der Waals surface area (Å²) < 4.78 is 18.8. The molecule has 3 amide bonds. The van der Waals surface area contributed by atoms with Gasteiger partial charge in [0.2, 0.25) is 11.8 Å². The number of hydrogen-bond acceptors (Lipinski definition) is 9. The van der Waals surface area contributed by atoms with Gasteiger partial charge in [0.05, 0.1) is 64.4 Å². The molecule has 0 aliphatic carbocycles. The van der Waals surface area contributed by atoms with Crippen molar-refractivity contribution in [3.05, 3.63) is 102 Å². The maximum absolute atomic E-state index is 15.7. The van der Waals surface area contributed by atoms with Crippen LogP contribution in [0.25, 0.3) is 0 Å². The van der Waals surface area contributed by atoms with Crippen LogP contribution in [0.2, 0.25) is 18.6 Å². The zero-order chi connectivity index (χ0) is 43.8. The van der Waals surface area contributed by atoms with E-state index in [1.807, 2.05) is 85.8 Å². The zero-order valence-electron chi connectivity index (χ0n) is 36.5. The number of aliphatic hydroxyl groups is 2. The van der Waals surface area contributed by atoms with Crippen molar-refractivity contribution in [2.24, 2.45) is 5.92 Å². The van der Waals surface area contributed by atoms with Gasteiger partial charge >= 0.3 is 0 Å². The molecule has 62 heavy (non-hydrogen) atoms. The van der Waals surface area contributed by atoms with E-state index in [-0.39, 0.29) is 48.9 Å². The summed E-state index contributed by atoms with van der Waals surface area (Å²) in [6.07, 6.45) is 2.83. The number of unbranched alkanes of at least 4 members (excludes halogenated alkanes) is 1. The van der Waals surface area contributed by atoms with Crippen molar-refractivity contribution < 1.29 is 38.8 Å². The first kappa shape index (κ1) is 43.6. The minimum absolute atomic E-state index is 0.0667. The normalized spacial score (nSPS) is 24.5. The van der Waals surface area contributed by atoms with Crippen molar-refractivity contribution in [2.45, 2.75) is 94.8 Å². The predicted molar refractivity (Wildman–Crippen MR) is 243 cm³/mol. The van der Waals surface area contributed by atoms with E-state index in [4.69, 9.17) is 14.2 Å². The minimum Gasteiger partial charge on any atom is -0.497 e. The molecule has 0 bridgehead atoms. The highest BCUT2D eigenvalue weighted by atomic mass is 28.3. The van der Waals surface area contributed by atoms with Crippen LogP contribution < -0.4 is 29.8 Å². The zero-order valence-corrected chi connectivity index (χ0v) is 37.5. The Kier molecular flexibility index (Phi) is 12.6. The lowest BCUT2D eigenvalue weighted by Crippen LogP contribution is -2.52. The van der Waals surface area contributed by atoms with Gasteiger partial charge in [-0.1, -0.05) is 55.5 Å². The summed E-state index contributed by atoms with van der Waals surface area (Å²) in [6.45, 7) is 10.3. The summed E-state index contributed by atoms with van der Waals surface area (Å²) in [6, 6.07) is 28.5. The summed E-state index contributed by atoms with van der Waals surface area (Å²) in [7, 11) is -0.955. The number of carbonyl (C=O) groups is 3. The second-order valence-corrected chi connectivity index (χ2v) is 22.3. The number of methoxy groups -OCH3 is 1. The van der Waals surface area contributed by atoms with Crippen LogP contribution in [0.3, 0.4) is 0 Å². The first-order valence-electron chi connectivity index (χ1n) is 22.2. The van der Waals surface area contributed by atoms with Crippen molar-refractivity contribution in [3.8, 4) is 11.5 Å². The highest BCUT2D eigenvalue weighted by Crippen LogP contribution is 2.61. The molecular weight excluding hydrogens is 801 g/mol. The Morgan fingerprint density at radius 3 is 2.37 bits per heavy atom. The van der Waals surface area contributed by atoms with E-state index in [9.17, 15) is 19.8 Å². The average molecular weight is 861 g/mol. The van der Waals surface area contributed by atoms with E-state index in [0.717, 1.165) is 47.2 Å². The molecule has 2 fully saturated rings. The summed E-state index contributed by atoms with van der Waals surface area (Å²) >= 11 is 0. The van der Waals surface area contributed by atoms with Crippen molar-refractivity contribution >= 4 is 53.7 Å². The lowest BCUT2D eigenvalue weighted by Gasteiger charge is -2.37. The molecule has 6 atom stereocenters. The number of aliphatic hydroxyl groups excluding tert-OH is 2. The van der Waals surface area contributed by atoms with Crippen LogP contribution in [-0.4, -0.2) is 99.1 Å². The minimum atomic E-state index is -2.60. The maximum Gasteiger partial charge on any atom is 0.268 e. The number of likely N-dealkylation sites (tertiary alicyclic amines) is 1. The highest BCUT2D eigenvalue weighted by molar-refractivity contribution is 6.91. The van der Waals surface area contributed by atoms with Gasteiger partial charge in [-0.3, -0.25) is 24.2 Å². The second-order valence-electron chi connectivity index (χ2n) is 17.6. The fourth-order valence-corrected chi connectivity index (χ4v) is 14.8. The van der Waals surface area contributed by atoms with Crippen LogP contribution in [0.5, 0.6) is 11.5 Å². The Labute approximate surface area is 365 Å². The third kappa shape index (κ3) is 7.61. The smallest absolute Gasteiger partial charge is 0.268 e. The number of carbonyl (C=O) groups excluding carboxylic acids is 3. The lowest BCUT2D eigenvalue weighted by atomic mass is 9.82. The molecule has 4 heterocycles. The van der Waals surface area contributed by atoms with Gasteiger partial charge in [-0.05, 0) is 117 Å². The van der Waals surface area contributed by atoms with Crippen LogP contribution in [0.1, 0.15) is 57.1 Å². The van der Waals surface area contributed by atoms with Crippen LogP contribution in [0, 0.1) is 5.92 Å². The SMILES string of the molecule is CCOc1ccc2c(c1)CC(NCCCCO)C(=O)N2c1ccc2c(c1)[C@]1(O[C@@H](CC(=O)N3CCC[C@H]3CO)[C@H]([Si](C)(C)c3ccc(OC)cc3)[C@H]1C)C(=O)N2c1ccccc1. The number of benzene rings is 4. The lowest BCUT2D eigenvalue weighted by molar-refractivity contribution is -0.149. The van der Waals surface area contributed by atoms with E-state index in [0.29, 0.717) is 55.2 Å². The number of para-hydroxylation sites is 1. The molecule has 0 saturated carbocycles. The molecule has 0 radical (unpaired) electrons. The van der Waals surface area contributed by atoms with Crippen LogP contribution >= 0.6 is 0 Å². The van der Waals surface area contributed by atoms with Crippen molar-refractivity contribution in [2.75, 3.05) is 49.8 Å². The van der Waals surface area contributed by atoms with Gasteiger partial charge in [0.25, 0.3) is 5.91 Å². The average Bonchev–Trinajstić information content (AvgIpc) is 3.95. The number of nitrogens with one attached hydrogen (secondary N) is 1. The fourth-order valence-electron chi connectivity index (χ4n) is 10.8. The molecule has 2 saturated heterocycles. The molecule has 328 valence electrons. The number of rotatable bonds is 15. The molecule has 12 nitrogen and oxygen atoms in total. The number of amides is 3. The standard InChI is InChI=1S/C49H60N4O8Si/c1-6-60-38-19-23-42-33(27-38)28-41(50-24-10-11-26-54)47(57)52(42)35-16-22-43-40(29-35)49(48(58)53(43)34-13-8-7-9-14-34)32(2)46(62(4,5)39-20-17-37(59-3)18-21-39)44(61-49)30-45(56)51-25-12-15-36(51)31-55/h7-9,13-14,16-23,27,29,32,36,41,44,46,50,54-55H,6,10-12,15,24-26,28,30-31H2,1-5H3/t32-,36+,41?,44+,46-,49+/m1/s1. The van der Waals surface area contributed by atoms with Gasteiger partial charge in [0, 0.05) is 36.0 Å². The molecule has 3 N–H and O–H groups in total. The molecule has 8 rings (SSSR count). The van der Waals surface area contributed by atoms with E-state index in [1.165, 1.54) is 0 Å². The van der Waals surface area contributed by atoms with Gasteiger partial charge in [-0.25, -0.2) is 0 Å². The Balaban J connectivity index is 1.28. The number of nitrogens with zero attached hydrogens (tertiary/aromatic N) is 3. The van der Waals surface area contributed by atoms with E-state index in [1.54, 1.807) is 21.8 Å². The van der Waals surface area contributed by atoms with Crippen LogP contribution in [0.15, 0.2) is 91.0 Å². The van der Waals surface area contributed by atoms with Gasteiger partial charge in [-0.15, -0.1) is 0 Å². The Morgan fingerprint density at radius 2 is 1.66 bits per heavy atom. The summed E-state index contributed by atoms with van der Waals surface area (Å²) in [5, 5.41) is 24.3. The highest BCUT2D eigenvalue weighted by Gasteiger charge is 2.67. The Morgan fingerprint density at radius 1 is 0.919 bits per heavy atom. The van der Waals surface area contributed by atoms with Crippen molar-refractivity contribution in [1.29, 1.82) is 0 Å². The first-order valence-corrected chi connectivity index (χ1v) is 25.3. The number of anilines is 4. The summed E-state index contributed by atoms with van der Waals surface area (Å²) in [5.41, 5.74) is 2.61. The van der Waals surface area contributed by atoms with E-state index in [2.05, 4.69) is 37.5 Å². The Bertz CT molecular complexity index is 2270. The summed E-state index contributed by atoms with van der Waals surface area (Å²) in [4.78, 5) is 50.1. The van der Waals surface area contributed by atoms with Crippen molar-refractivity contribution in [3.63, 3.8) is 0 Å². The third-order valence-electron chi connectivity index (χ3n) is 13.8. The fraction of sp³-hybridized carbons (Fsp3) is 0.449. The molecule has 4 aromatic rings. The van der Waals surface area contributed by atoms with Gasteiger partial charge in [0.15, 0.2) is 5.60 Å².